The van der Waals surface area contributed by atoms with E-state index in [0.717, 1.165) is 27.8 Å². The third kappa shape index (κ3) is 14.9. The van der Waals surface area contributed by atoms with E-state index < -0.39 is 102 Å². The van der Waals surface area contributed by atoms with Crippen LogP contribution in [0.3, 0.4) is 0 Å². The highest BCUT2D eigenvalue weighted by molar-refractivity contribution is 5.99. The highest BCUT2D eigenvalue weighted by Crippen LogP contribution is 2.31. The van der Waals surface area contributed by atoms with E-state index in [1.807, 2.05) is 37.3 Å². The van der Waals surface area contributed by atoms with Gasteiger partial charge in [0.05, 0.1) is 6.42 Å². The number of carbonyl (C=O) groups excluding carboxylic acids is 7. The smallest absolute Gasteiger partial charge is 0.326 e. The molecule has 6 rings (SSSR count). The number of carboxylic acids is 2. The van der Waals surface area contributed by atoms with Crippen molar-refractivity contribution >= 4 is 59.2 Å². The van der Waals surface area contributed by atoms with Gasteiger partial charge in [-0.15, -0.1) is 0 Å². The number of carboxylic acid groups (broad SMARTS) is 2. The number of carbonyl (C=O) groups is 9. The molecule has 0 bridgehead atoms. The Labute approximate surface area is 441 Å². The number of rotatable bonds is 24. The Bertz CT molecular complexity index is 2660. The van der Waals surface area contributed by atoms with Crippen molar-refractivity contribution in [1.82, 2.24) is 36.0 Å². The van der Waals surface area contributed by atoms with Crippen molar-refractivity contribution in [2.75, 3.05) is 13.1 Å². The zero-order valence-electron chi connectivity index (χ0n) is 43.1. The maximum absolute atomic E-state index is 15.5. The summed E-state index contributed by atoms with van der Waals surface area (Å²) in [5.41, 5.74) is 21.3. The van der Waals surface area contributed by atoms with Crippen LogP contribution in [0.5, 0.6) is 0 Å². The second-order valence-electron chi connectivity index (χ2n) is 19.6. The molecular formula is C54H71N11O11. The summed E-state index contributed by atoms with van der Waals surface area (Å²) >= 11 is 0. The second-order valence-corrected chi connectivity index (χ2v) is 19.6. The fourth-order valence-corrected chi connectivity index (χ4v) is 10.2. The molecule has 0 unspecified atom stereocenters. The Hall–Kier alpha value is -7.88. The molecule has 22 heteroatoms. The number of fused-ring (bicyclic) bond motifs is 3. The minimum Gasteiger partial charge on any atom is -0.481 e. The molecule has 3 aliphatic heterocycles. The molecule has 0 saturated carbocycles. The summed E-state index contributed by atoms with van der Waals surface area (Å²) in [5.74, 6) is -7.70. The van der Waals surface area contributed by atoms with Crippen LogP contribution >= 0.6 is 0 Å². The van der Waals surface area contributed by atoms with Crippen LogP contribution in [-0.4, -0.2) is 140 Å². The number of guanidine groups is 1. The Morgan fingerprint density at radius 1 is 0.579 bits per heavy atom. The predicted molar refractivity (Wildman–Crippen MR) is 279 cm³/mol. The van der Waals surface area contributed by atoms with E-state index in [1.165, 1.54) is 21.6 Å². The van der Waals surface area contributed by atoms with E-state index in [0.29, 0.717) is 37.8 Å². The number of aliphatic carboxylic acids is 2. The van der Waals surface area contributed by atoms with Crippen molar-refractivity contribution in [1.29, 1.82) is 0 Å². The van der Waals surface area contributed by atoms with Crippen molar-refractivity contribution < 1.29 is 53.4 Å². The van der Waals surface area contributed by atoms with Gasteiger partial charge in [0, 0.05) is 52.4 Å². The van der Waals surface area contributed by atoms with Gasteiger partial charge in [0.15, 0.2) is 5.96 Å². The Balaban J connectivity index is 1.35. The first kappa shape index (κ1) is 57.4. The fraction of sp³-hybridized carbons (Fsp3) is 0.481. The van der Waals surface area contributed by atoms with Gasteiger partial charge < -0.3 is 63.4 Å². The standard InChI is InChI=1S/C54H71N11O11/c1-3-4-20-39(59-32(2)66)47(69)62-42(28-46(67)68)51(73)65-31-38-19-10-7-16-35(38)27-45(65)52(74)64-30-37-18-9-6-15-34(37)26-44(64)48(70)60-40(22-13-24-58-54(56)57)50(72)63-29-36-17-8-5-14-33(36)25-43(63)49(71)61-41(53(75)76)21-11-12-23-55/h5-10,14-19,39-45H,3-4,11-13,20-31,55H2,1-2H3,(H,59,66)(H,60,70)(H,61,71)(H,62,69)(H,67,68)(H,75,76)(H4,56,57,58)/t39-,40-,41-,42-,43-,44+,45-/m0/s1. The number of nitrogens with two attached hydrogens (primary N) is 3. The summed E-state index contributed by atoms with van der Waals surface area (Å²) in [6, 6.07) is 12.5. The largest absolute Gasteiger partial charge is 0.481 e. The molecule has 0 saturated heterocycles. The third-order valence-electron chi connectivity index (χ3n) is 14.1. The van der Waals surface area contributed by atoms with Crippen LogP contribution in [0.4, 0.5) is 0 Å². The zero-order chi connectivity index (χ0) is 55.1. The average molecular weight is 1050 g/mol. The predicted octanol–water partition coefficient (Wildman–Crippen LogP) is 0.738. The third-order valence-corrected chi connectivity index (χ3v) is 14.1. The SMILES string of the molecule is CCCC[C@H](NC(C)=O)C(=O)N[C@@H](CC(=O)O)C(=O)N1Cc2ccccc2C[C@H]1C(=O)N1Cc2ccccc2C[C@@H]1C(=O)N[C@@H](CCCN=C(N)N)C(=O)N1Cc2ccccc2C[C@H]1C(=O)N[C@@H](CCCCN)C(=O)O. The number of amides is 7. The molecule has 22 nitrogen and oxygen atoms in total. The first-order valence-electron chi connectivity index (χ1n) is 25.9. The molecule has 3 aliphatic rings. The van der Waals surface area contributed by atoms with Gasteiger partial charge in [0.1, 0.15) is 42.3 Å². The van der Waals surface area contributed by atoms with Crippen molar-refractivity contribution in [3.05, 3.63) is 106 Å². The van der Waals surface area contributed by atoms with Crippen LogP contribution in [0, 0.1) is 0 Å². The van der Waals surface area contributed by atoms with E-state index in [9.17, 15) is 39.0 Å². The molecule has 76 heavy (non-hydrogen) atoms. The lowest BCUT2D eigenvalue weighted by molar-refractivity contribution is -0.154. The van der Waals surface area contributed by atoms with E-state index >= 15 is 14.4 Å². The van der Waals surface area contributed by atoms with Gasteiger partial charge in [0.2, 0.25) is 41.4 Å². The molecule has 0 fully saturated rings. The molecule has 0 radical (unpaired) electrons. The summed E-state index contributed by atoms with van der Waals surface area (Å²) in [6.07, 6.45) is 1.86. The number of nitrogens with zero attached hydrogens (tertiary/aromatic N) is 4. The minimum atomic E-state index is -1.66. The number of hydrogen-bond acceptors (Lipinski definition) is 11. The van der Waals surface area contributed by atoms with E-state index in [2.05, 4.69) is 26.3 Å². The monoisotopic (exact) mass is 1050 g/mol. The molecule has 408 valence electrons. The van der Waals surface area contributed by atoms with Gasteiger partial charge in [-0.1, -0.05) is 92.6 Å². The lowest BCUT2D eigenvalue weighted by Gasteiger charge is -2.43. The lowest BCUT2D eigenvalue weighted by Crippen LogP contribution is -2.63. The molecule has 12 N–H and O–H groups in total. The maximum Gasteiger partial charge on any atom is 0.326 e. The fourth-order valence-electron chi connectivity index (χ4n) is 10.2. The average Bonchev–Trinajstić information content (AvgIpc) is 3.42. The second kappa shape index (κ2) is 27.1. The normalized spacial score (nSPS) is 18.2. The highest BCUT2D eigenvalue weighted by atomic mass is 16.4. The summed E-state index contributed by atoms with van der Waals surface area (Å²) in [4.78, 5) is 133. The molecule has 0 spiro atoms. The summed E-state index contributed by atoms with van der Waals surface area (Å²) in [7, 11) is 0. The van der Waals surface area contributed by atoms with Crippen LogP contribution in [0.25, 0.3) is 0 Å². The molecule has 3 heterocycles. The quantitative estimate of drug-likeness (QED) is 0.0340. The first-order valence-corrected chi connectivity index (χ1v) is 25.9. The van der Waals surface area contributed by atoms with E-state index in [4.69, 9.17) is 17.2 Å². The zero-order valence-corrected chi connectivity index (χ0v) is 43.1. The van der Waals surface area contributed by atoms with Crippen molar-refractivity contribution in [3.63, 3.8) is 0 Å². The number of nitrogens with one attached hydrogen (secondary N) is 4. The number of aliphatic imine (C=N–C) groups is 1. The van der Waals surface area contributed by atoms with Crippen LogP contribution < -0.4 is 38.5 Å². The van der Waals surface area contributed by atoms with E-state index in [-0.39, 0.29) is 77.1 Å². The van der Waals surface area contributed by atoms with E-state index in [1.54, 1.807) is 42.5 Å². The number of unbranched alkanes of at least 4 members (excludes halogenated alkanes) is 2. The van der Waals surface area contributed by atoms with Gasteiger partial charge in [0.25, 0.3) is 0 Å². The van der Waals surface area contributed by atoms with Crippen LogP contribution in [0.15, 0.2) is 77.8 Å². The van der Waals surface area contributed by atoms with Crippen molar-refractivity contribution in [3.8, 4) is 0 Å². The van der Waals surface area contributed by atoms with Gasteiger partial charge >= 0.3 is 11.9 Å². The molecular weight excluding hydrogens is 979 g/mol. The van der Waals surface area contributed by atoms with Crippen molar-refractivity contribution in [2.24, 2.45) is 22.2 Å². The number of hydrogen-bond donors (Lipinski definition) is 9. The molecule has 3 aromatic rings. The van der Waals surface area contributed by atoms with Crippen LogP contribution in [0.2, 0.25) is 0 Å². The molecule has 7 atom stereocenters. The van der Waals surface area contributed by atoms with Crippen molar-refractivity contribution in [2.45, 2.75) is 153 Å². The Morgan fingerprint density at radius 3 is 1.54 bits per heavy atom. The molecule has 7 amide bonds. The van der Waals surface area contributed by atoms with Gasteiger partial charge in [-0.2, -0.15) is 0 Å². The van der Waals surface area contributed by atoms with Gasteiger partial charge in [-0.05, 0) is 78.5 Å². The Kier molecular flexibility index (Phi) is 20.4. The van der Waals surface area contributed by atoms with Crippen LogP contribution in [0.1, 0.15) is 105 Å². The van der Waals surface area contributed by atoms with Gasteiger partial charge in [-0.3, -0.25) is 43.3 Å². The summed E-state index contributed by atoms with van der Waals surface area (Å²) < 4.78 is 0. The maximum atomic E-state index is 15.5. The summed E-state index contributed by atoms with van der Waals surface area (Å²) in [5, 5.41) is 30.8. The Morgan fingerprint density at radius 2 is 1.04 bits per heavy atom. The number of benzene rings is 3. The highest BCUT2D eigenvalue weighted by Gasteiger charge is 2.46. The van der Waals surface area contributed by atoms with Gasteiger partial charge in [-0.25, -0.2) is 4.79 Å². The topological polar surface area (TPSA) is 342 Å². The minimum absolute atomic E-state index is 0.0112. The molecule has 0 aromatic heterocycles. The lowest BCUT2D eigenvalue weighted by atomic mass is 9.89. The van der Waals surface area contributed by atoms with Crippen LogP contribution in [-0.2, 0) is 82.0 Å². The summed E-state index contributed by atoms with van der Waals surface area (Å²) in [6.45, 7) is 3.25. The molecule has 0 aliphatic carbocycles. The first-order chi connectivity index (χ1) is 36.4. The molecule has 3 aromatic carbocycles.